The largest absolute Gasteiger partial charge is 0.490 e. The van der Waals surface area contributed by atoms with Crippen molar-refractivity contribution in [1.29, 1.82) is 0 Å². The van der Waals surface area contributed by atoms with E-state index in [1.54, 1.807) is 10.9 Å². The van der Waals surface area contributed by atoms with E-state index < -0.39 is 0 Å². The minimum atomic E-state index is -0.284. The van der Waals surface area contributed by atoms with Crippen LogP contribution in [0.5, 0.6) is 5.75 Å². The molecule has 0 radical (unpaired) electrons. The maximum absolute atomic E-state index is 12.7. The van der Waals surface area contributed by atoms with Crippen LogP contribution in [0.15, 0.2) is 79.0 Å². The Kier molecular flexibility index (Phi) is 7.09. The first-order valence-corrected chi connectivity index (χ1v) is 12.3. The highest BCUT2D eigenvalue weighted by atomic mass is 16.5. The Bertz CT molecular complexity index is 1310. The third kappa shape index (κ3) is 5.98. The normalized spacial score (nSPS) is 14.5. The van der Waals surface area contributed by atoms with Gasteiger partial charge in [0.15, 0.2) is 5.69 Å². The van der Waals surface area contributed by atoms with Gasteiger partial charge in [-0.1, -0.05) is 59.3 Å². The third-order valence-electron chi connectivity index (χ3n) is 6.50. The average molecular weight is 482 g/mol. The first-order chi connectivity index (χ1) is 17.5. The second-order valence-electron chi connectivity index (χ2n) is 9.47. The van der Waals surface area contributed by atoms with Crippen molar-refractivity contribution in [2.75, 3.05) is 25.5 Å². The van der Waals surface area contributed by atoms with Crippen molar-refractivity contribution >= 4 is 11.6 Å². The first-order valence-electron chi connectivity index (χ1n) is 12.3. The van der Waals surface area contributed by atoms with Gasteiger partial charge in [-0.2, -0.15) is 0 Å². The van der Waals surface area contributed by atoms with E-state index in [1.165, 1.54) is 5.56 Å². The van der Waals surface area contributed by atoms with Gasteiger partial charge < -0.3 is 15.0 Å². The van der Waals surface area contributed by atoms with E-state index in [9.17, 15) is 4.79 Å². The van der Waals surface area contributed by atoms with Gasteiger partial charge in [0.2, 0.25) is 0 Å². The summed E-state index contributed by atoms with van der Waals surface area (Å²) in [5.41, 5.74) is 5.46. The molecule has 1 saturated heterocycles. The van der Waals surface area contributed by atoms with Gasteiger partial charge in [-0.3, -0.25) is 4.79 Å². The van der Waals surface area contributed by atoms with Crippen molar-refractivity contribution in [2.45, 2.75) is 32.4 Å². The minimum absolute atomic E-state index is 0.284. The molecule has 1 aliphatic rings. The zero-order chi connectivity index (χ0) is 24.9. The minimum Gasteiger partial charge on any atom is -0.490 e. The lowest BCUT2D eigenvalue weighted by atomic mass is 10.0. The monoisotopic (exact) mass is 481 g/mol. The van der Waals surface area contributed by atoms with Crippen molar-refractivity contribution in [3.05, 3.63) is 95.8 Å². The van der Waals surface area contributed by atoms with Gasteiger partial charge in [0.25, 0.3) is 5.91 Å². The van der Waals surface area contributed by atoms with Crippen LogP contribution in [-0.2, 0) is 6.54 Å². The molecule has 4 aromatic rings. The molecule has 1 aromatic heterocycles. The molecule has 7 heteroatoms. The summed E-state index contributed by atoms with van der Waals surface area (Å²) < 4.78 is 7.83. The van der Waals surface area contributed by atoms with Gasteiger partial charge in [-0.25, -0.2) is 4.68 Å². The van der Waals surface area contributed by atoms with Gasteiger partial charge >= 0.3 is 0 Å². The number of hydrogen-bond acceptors (Lipinski definition) is 5. The SMILES string of the molecule is Cc1cccc(Cn2cc(C(=O)Nc3ccc(-c4ccc(OC5CCN(C)CC5)cc4)cc3)nn2)c1. The number of benzene rings is 3. The lowest BCUT2D eigenvalue weighted by Gasteiger charge is -2.29. The molecule has 0 unspecified atom stereocenters. The number of ether oxygens (including phenoxy) is 1. The molecule has 1 amide bonds. The van der Waals surface area contributed by atoms with Gasteiger partial charge in [-0.05, 0) is 67.8 Å². The summed E-state index contributed by atoms with van der Waals surface area (Å²) >= 11 is 0. The topological polar surface area (TPSA) is 72.3 Å². The quantitative estimate of drug-likeness (QED) is 0.401. The summed E-state index contributed by atoms with van der Waals surface area (Å²) in [5.74, 6) is 0.626. The second kappa shape index (κ2) is 10.7. The van der Waals surface area contributed by atoms with Crippen LogP contribution in [0.25, 0.3) is 11.1 Å². The molecule has 1 aliphatic heterocycles. The van der Waals surface area contributed by atoms with Gasteiger partial charge in [0.05, 0.1) is 12.7 Å². The number of likely N-dealkylation sites (tertiary alicyclic amines) is 1. The van der Waals surface area contributed by atoms with Crippen LogP contribution in [0.4, 0.5) is 5.69 Å². The Morgan fingerprint density at radius 1 is 1.00 bits per heavy atom. The molecule has 3 aromatic carbocycles. The smallest absolute Gasteiger partial charge is 0.277 e. The Labute approximate surface area is 211 Å². The number of nitrogens with zero attached hydrogens (tertiary/aromatic N) is 4. The van der Waals surface area contributed by atoms with E-state index in [1.807, 2.05) is 48.5 Å². The summed E-state index contributed by atoms with van der Waals surface area (Å²) in [6.07, 6.45) is 4.09. The number of hydrogen-bond donors (Lipinski definition) is 1. The van der Waals surface area contributed by atoms with E-state index >= 15 is 0 Å². The number of piperidine rings is 1. The molecule has 0 atom stereocenters. The molecule has 0 spiro atoms. The zero-order valence-electron chi connectivity index (χ0n) is 20.7. The molecule has 2 heterocycles. The first kappa shape index (κ1) is 23.8. The second-order valence-corrected chi connectivity index (χ2v) is 9.47. The number of nitrogens with one attached hydrogen (secondary N) is 1. The molecule has 7 nitrogen and oxygen atoms in total. The summed E-state index contributed by atoms with van der Waals surface area (Å²) in [7, 11) is 2.15. The van der Waals surface area contributed by atoms with E-state index in [0.717, 1.165) is 48.4 Å². The van der Waals surface area contributed by atoms with Crippen LogP contribution in [-0.4, -0.2) is 52.0 Å². The maximum Gasteiger partial charge on any atom is 0.277 e. The molecule has 1 N–H and O–H groups in total. The van der Waals surface area contributed by atoms with E-state index in [4.69, 9.17) is 4.74 Å². The summed E-state index contributed by atoms with van der Waals surface area (Å²) in [6, 6.07) is 24.2. The summed E-state index contributed by atoms with van der Waals surface area (Å²) in [5, 5.41) is 11.0. The maximum atomic E-state index is 12.7. The molecule has 0 bridgehead atoms. The van der Waals surface area contributed by atoms with E-state index in [2.05, 4.69) is 58.8 Å². The Balaban J connectivity index is 1.16. The van der Waals surface area contributed by atoms with Crippen molar-refractivity contribution in [2.24, 2.45) is 0 Å². The van der Waals surface area contributed by atoms with Gasteiger partial charge in [0.1, 0.15) is 11.9 Å². The predicted octanol–water partition coefficient (Wildman–Crippen LogP) is 5.03. The highest BCUT2D eigenvalue weighted by Gasteiger charge is 2.18. The molecule has 0 aliphatic carbocycles. The molecule has 36 heavy (non-hydrogen) atoms. The van der Waals surface area contributed by atoms with Gasteiger partial charge in [0, 0.05) is 18.8 Å². The number of carbonyl (C=O) groups excluding carboxylic acids is 1. The third-order valence-corrected chi connectivity index (χ3v) is 6.50. The summed E-state index contributed by atoms with van der Waals surface area (Å²) in [6.45, 7) is 4.78. The predicted molar refractivity (Wildman–Crippen MR) is 141 cm³/mol. The highest BCUT2D eigenvalue weighted by molar-refractivity contribution is 6.02. The molecule has 0 saturated carbocycles. The van der Waals surface area contributed by atoms with E-state index in [-0.39, 0.29) is 11.6 Å². The number of anilines is 1. The number of aromatic nitrogens is 3. The van der Waals surface area contributed by atoms with Crippen LogP contribution >= 0.6 is 0 Å². The fourth-order valence-corrected chi connectivity index (χ4v) is 4.44. The van der Waals surface area contributed by atoms with Gasteiger partial charge in [-0.15, -0.1) is 5.10 Å². The molecular formula is C29H31N5O2. The highest BCUT2D eigenvalue weighted by Crippen LogP contribution is 2.26. The fraction of sp³-hybridized carbons (Fsp3) is 0.276. The number of carbonyl (C=O) groups is 1. The molecule has 184 valence electrons. The zero-order valence-corrected chi connectivity index (χ0v) is 20.7. The number of aryl methyl sites for hydroxylation is 1. The molecular weight excluding hydrogens is 450 g/mol. The standard InChI is InChI=1S/C29H31N5O2/c1-21-4-3-5-22(18-21)19-34-20-28(31-32-34)29(35)30-25-10-6-23(7-11-25)24-8-12-26(13-9-24)36-27-14-16-33(2)17-15-27/h3-13,18,20,27H,14-17,19H2,1-2H3,(H,30,35). The van der Waals surface area contributed by atoms with Crippen LogP contribution in [0.3, 0.4) is 0 Å². The van der Waals surface area contributed by atoms with E-state index in [0.29, 0.717) is 18.3 Å². The van der Waals surface area contributed by atoms with Crippen LogP contribution in [0, 0.1) is 6.92 Å². The van der Waals surface area contributed by atoms with Crippen molar-refractivity contribution in [3.63, 3.8) is 0 Å². The average Bonchev–Trinajstić information content (AvgIpc) is 3.35. The van der Waals surface area contributed by atoms with Crippen LogP contribution in [0.1, 0.15) is 34.5 Å². The Morgan fingerprint density at radius 3 is 2.39 bits per heavy atom. The fourth-order valence-electron chi connectivity index (χ4n) is 4.44. The summed E-state index contributed by atoms with van der Waals surface area (Å²) in [4.78, 5) is 15.0. The number of amides is 1. The van der Waals surface area contributed by atoms with Crippen molar-refractivity contribution in [1.82, 2.24) is 19.9 Å². The Morgan fingerprint density at radius 2 is 1.69 bits per heavy atom. The molecule has 5 rings (SSSR count). The Hall–Kier alpha value is -3.97. The number of rotatable bonds is 7. The van der Waals surface area contributed by atoms with Crippen LogP contribution in [0.2, 0.25) is 0 Å². The van der Waals surface area contributed by atoms with Crippen molar-refractivity contribution in [3.8, 4) is 16.9 Å². The lowest BCUT2D eigenvalue weighted by Crippen LogP contribution is -2.35. The lowest BCUT2D eigenvalue weighted by molar-refractivity contribution is 0.102. The van der Waals surface area contributed by atoms with Crippen molar-refractivity contribution < 1.29 is 9.53 Å². The van der Waals surface area contributed by atoms with Crippen LogP contribution < -0.4 is 10.1 Å². The molecule has 1 fully saturated rings.